The molecule has 2 saturated carbocycles. The Hall–Kier alpha value is -0.550. The maximum atomic E-state index is 12.8. The second-order valence-electron chi connectivity index (χ2n) is 9.42. The van der Waals surface area contributed by atoms with Gasteiger partial charge in [-0.3, -0.25) is 0 Å². The molecule has 27 heavy (non-hydrogen) atoms. The van der Waals surface area contributed by atoms with E-state index in [0.29, 0.717) is 29.7 Å². The van der Waals surface area contributed by atoms with E-state index in [4.69, 9.17) is 0 Å². The highest BCUT2D eigenvalue weighted by Gasteiger charge is 2.37. The second-order valence-corrected chi connectivity index (χ2v) is 11.8. The van der Waals surface area contributed by atoms with Gasteiger partial charge < -0.3 is 10.2 Å². The first-order valence-electron chi connectivity index (χ1n) is 11.2. The molecule has 0 aromatic carbocycles. The van der Waals surface area contributed by atoms with Crippen LogP contribution in [0.25, 0.3) is 0 Å². The summed E-state index contributed by atoms with van der Waals surface area (Å²) in [6, 6.07) is 1.19. The first-order valence-corrected chi connectivity index (χ1v) is 12.9. The zero-order valence-corrected chi connectivity index (χ0v) is 18.4. The quantitative estimate of drug-likeness (QED) is 0.670. The van der Waals surface area contributed by atoms with E-state index >= 15 is 0 Å². The van der Waals surface area contributed by atoms with Crippen LogP contribution >= 0.6 is 0 Å². The molecule has 0 saturated heterocycles. The Morgan fingerprint density at radius 3 is 2.56 bits per heavy atom. The summed E-state index contributed by atoms with van der Waals surface area (Å²) in [5.74, 6) is 1.61. The highest BCUT2D eigenvalue weighted by Crippen LogP contribution is 2.40. The Bertz CT molecular complexity index is 608. The molecule has 4 atom stereocenters. The Balaban J connectivity index is 1.53. The number of nitrogens with zero attached hydrogens (tertiary/aromatic N) is 1. The zero-order valence-electron chi connectivity index (χ0n) is 17.6. The molecule has 3 aliphatic rings. The minimum Gasteiger partial charge on any atom is -0.388 e. The van der Waals surface area contributed by atoms with Gasteiger partial charge in [-0.2, -0.15) is 0 Å². The van der Waals surface area contributed by atoms with Crippen molar-refractivity contribution < 1.29 is 8.42 Å². The van der Waals surface area contributed by atoms with Crippen molar-refractivity contribution in [1.29, 1.82) is 0 Å². The lowest BCUT2D eigenvalue weighted by atomic mass is 9.74. The van der Waals surface area contributed by atoms with E-state index in [1.807, 2.05) is 0 Å². The first kappa shape index (κ1) is 21.2. The third-order valence-electron chi connectivity index (χ3n) is 7.46. The topological polar surface area (TPSA) is 49.4 Å². The Kier molecular flexibility index (Phi) is 7.29. The predicted octanol–water partition coefficient (Wildman–Crippen LogP) is 4.13. The molecule has 0 aromatic rings. The third-order valence-corrected chi connectivity index (χ3v) is 9.75. The molecule has 0 bridgehead atoms. The van der Waals surface area contributed by atoms with Crippen LogP contribution in [-0.2, 0) is 9.84 Å². The van der Waals surface area contributed by atoms with Gasteiger partial charge in [0.25, 0.3) is 0 Å². The van der Waals surface area contributed by atoms with E-state index in [-0.39, 0.29) is 5.25 Å². The third kappa shape index (κ3) is 5.29. The first-order chi connectivity index (χ1) is 12.9. The van der Waals surface area contributed by atoms with E-state index in [1.54, 1.807) is 5.57 Å². The van der Waals surface area contributed by atoms with Gasteiger partial charge in [0.05, 0.1) is 11.0 Å². The van der Waals surface area contributed by atoms with E-state index in [2.05, 4.69) is 37.4 Å². The van der Waals surface area contributed by atoms with Crippen molar-refractivity contribution in [3.63, 3.8) is 0 Å². The molecule has 2 aliphatic carbocycles. The van der Waals surface area contributed by atoms with Crippen molar-refractivity contribution in [3.05, 3.63) is 11.8 Å². The van der Waals surface area contributed by atoms with Gasteiger partial charge in [-0.25, -0.2) is 8.42 Å². The number of fused-ring (bicyclic) bond motifs is 1. The fourth-order valence-corrected chi connectivity index (χ4v) is 7.59. The molecule has 4 nitrogen and oxygen atoms in total. The largest absolute Gasteiger partial charge is 0.388 e. The molecular formula is C22H40N2O2S. The molecule has 156 valence electrons. The minimum absolute atomic E-state index is 0.0448. The van der Waals surface area contributed by atoms with E-state index in [9.17, 15) is 8.42 Å². The summed E-state index contributed by atoms with van der Waals surface area (Å²) in [5, 5.41) is 3.58. The monoisotopic (exact) mass is 396 g/mol. The van der Waals surface area contributed by atoms with Crippen LogP contribution in [0.1, 0.15) is 77.6 Å². The van der Waals surface area contributed by atoms with Gasteiger partial charge in [0.1, 0.15) is 0 Å². The van der Waals surface area contributed by atoms with Gasteiger partial charge in [-0.1, -0.05) is 26.2 Å². The summed E-state index contributed by atoms with van der Waals surface area (Å²) in [4.78, 5) is 2.34. The Morgan fingerprint density at radius 2 is 1.89 bits per heavy atom. The smallest absolute Gasteiger partial charge is 0.153 e. The summed E-state index contributed by atoms with van der Waals surface area (Å²) < 4.78 is 25.5. The summed E-state index contributed by atoms with van der Waals surface area (Å²) in [6.45, 7) is 2.27. The van der Waals surface area contributed by atoms with E-state index in [0.717, 1.165) is 38.5 Å². The molecule has 0 amide bonds. The fraction of sp³-hybridized carbons (Fsp3) is 0.909. The molecule has 1 N–H and O–H groups in total. The minimum atomic E-state index is -2.89. The lowest BCUT2D eigenvalue weighted by Gasteiger charge is -2.35. The number of sulfone groups is 1. The van der Waals surface area contributed by atoms with Crippen molar-refractivity contribution in [2.75, 3.05) is 19.8 Å². The summed E-state index contributed by atoms with van der Waals surface area (Å²) >= 11 is 0. The number of hydrogen-bond donors (Lipinski definition) is 1. The average Bonchev–Trinajstić information content (AvgIpc) is 3.07. The van der Waals surface area contributed by atoms with E-state index in [1.165, 1.54) is 32.1 Å². The molecule has 1 aliphatic heterocycles. The molecule has 3 unspecified atom stereocenters. The van der Waals surface area contributed by atoms with Crippen molar-refractivity contribution in [1.82, 2.24) is 10.2 Å². The van der Waals surface area contributed by atoms with Gasteiger partial charge in [0.15, 0.2) is 9.84 Å². The molecule has 1 heterocycles. The van der Waals surface area contributed by atoms with Crippen LogP contribution < -0.4 is 5.32 Å². The number of hydrogen-bond acceptors (Lipinski definition) is 4. The molecule has 0 radical (unpaired) electrons. The standard InChI is InChI=1S/C22H40N2O2S/c1-4-19(24(2)3)15-18-16-23-22-11-10-17(14-21(18)22)12-13-27(25,26)20-8-6-5-7-9-20/h16-17,19-23H,4-15H2,1-3H3/t17?,19-,21?,22?/m1/s1. The van der Waals surface area contributed by atoms with Crippen LogP contribution in [0, 0.1) is 11.8 Å². The van der Waals surface area contributed by atoms with Crippen LogP contribution in [0.2, 0.25) is 0 Å². The van der Waals surface area contributed by atoms with Crippen LogP contribution in [-0.4, -0.2) is 50.5 Å². The van der Waals surface area contributed by atoms with Crippen LogP contribution in [0.3, 0.4) is 0 Å². The molecular weight excluding hydrogens is 356 g/mol. The lowest BCUT2D eigenvalue weighted by Crippen LogP contribution is -2.36. The maximum Gasteiger partial charge on any atom is 0.153 e. The van der Waals surface area contributed by atoms with Gasteiger partial charge in [-0.15, -0.1) is 0 Å². The van der Waals surface area contributed by atoms with Gasteiger partial charge in [0, 0.05) is 18.0 Å². The summed E-state index contributed by atoms with van der Waals surface area (Å²) in [7, 11) is 1.46. The normalized spacial score (nSPS) is 30.7. The number of rotatable bonds is 8. The van der Waals surface area contributed by atoms with Gasteiger partial charge >= 0.3 is 0 Å². The van der Waals surface area contributed by atoms with Crippen molar-refractivity contribution in [2.24, 2.45) is 11.8 Å². The average molecular weight is 397 g/mol. The lowest BCUT2D eigenvalue weighted by molar-refractivity contribution is 0.235. The van der Waals surface area contributed by atoms with Crippen molar-refractivity contribution >= 4 is 9.84 Å². The molecule has 3 rings (SSSR count). The Labute approximate surface area is 167 Å². The highest BCUT2D eigenvalue weighted by molar-refractivity contribution is 7.92. The second kappa shape index (κ2) is 9.30. The maximum absolute atomic E-state index is 12.8. The molecule has 0 aromatic heterocycles. The van der Waals surface area contributed by atoms with Gasteiger partial charge in [0.2, 0.25) is 0 Å². The van der Waals surface area contributed by atoms with E-state index < -0.39 is 9.84 Å². The van der Waals surface area contributed by atoms with Crippen molar-refractivity contribution in [3.8, 4) is 0 Å². The molecule has 2 fully saturated rings. The fourth-order valence-electron chi connectivity index (χ4n) is 5.55. The Morgan fingerprint density at radius 1 is 1.15 bits per heavy atom. The molecule has 5 heteroatoms. The van der Waals surface area contributed by atoms with Crippen LogP contribution in [0.5, 0.6) is 0 Å². The predicted molar refractivity (Wildman–Crippen MR) is 113 cm³/mol. The van der Waals surface area contributed by atoms with Crippen LogP contribution in [0.4, 0.5) is 0 Å². The summed E-state index contributed by atoms with van der Waals surface area (Å²) in [6.07, 6.45) is 14.2. The summed E-state index contributed by atoms with van der Waals surface area (Å²) in [5.41, 5.74) is 1.57. The molecule has 0 spiro atoms. The zero-order chi connectivity index (χ0) is 19.4. The SMILES string of the molecule is CC[C@H](CC1=CNC2CCC(CCS(=O)(=O)C3CCCCC3)CC12)N(C)C. The van der Waals surface area contributed by atoms with Crippen LogP contribution in [0.15, 0.2) is 11.8 Å². The highest BCUT2D eigenvalue weighted by atomic mass is 32.2. The number of nitrogens with one attached hydrogen (secondary N) is 1. The van der Waals surface area contributed by atoms with Gasteiger partial charge in [-0.05, 0) is 83.2 Å². The van der Waals surface area contributed by atoms with Crippen molar-refractivity contribution in [2.45, 2.75) is 94.9 Å².